The van der Waals surface area contributed by atoms with Crippen LogP contribution in [0.25, 0.3) is 0 Å². The van der Waals surface area contributed by atoms with E-state index in [1.54, 1.807) is 72.8 Å². The Kier molecular flexibility index (Phi) is 8.01. The van der Waals surface area contributed by atoms with Crippen LogP contribution in [0.5, 0.6) is 0 Å². The van der Waals surface area contributed by atoms with Crippen molar-refractivity contribution in [1.29, 1.82) is 0 Å². The summed E-state index contributed by atoms with van der Waals surface area (Å²) >= 11 is 0. The summed E-state index contributed by atoms with van der Waals surface area (Å²) in [5.74, 6) is -2.03. The quantitative estimate of drug-likeness (QED) is 0.381. The van der Waals surface area contributed by atoms with Crippen molar-refractivity contribution >= 4 is 17.9 Å². The van der Waals surface area contributed by atoms with Crippen LogP contribution in [0.15, 0.2) is 72.8 Å². The molecule has 1 aliphatic heterocycles. The first-order chi connectivity index (χ1) is 17.7. The molecular formula is C29H28O8. The molecule has 8 nitrogen and oxygen atoms in total. The Balaban J connectivity index is 1.52. The molecule has 0 bridgehead atoms. The van der Waals surface area contributed by atoms with Crippen molar-refractivity contribution in [1.82, 2.24) is 0 Å². The van der Waals surface area contributed by atoms with Gasteiger partial charge in [-0.1, -0.05) is 53.1 Å². The molecule has 1 aliphatic rings. The van der Waals surface area contributed by atoms with Crippen molar-refractivity contribution in [2.75, 3.05) is 6.61 Å². The molecule has 192 valence electrons. The molecule has 0 saturated carbocycles. The Labute approximate surface area is 214 Å². The summed E-state index contributed by atoms with van der Waals surface area (Å²) in [5, 5.41) is 10.6. The molecule has 0 spiro atoms. The number of hydrogen-bond donors (Lipinski definition) is 1. The molecule has 37 heavy (non-hydrogen) atoms. The van der Waals surface area contributed by atoms with Gasteiger partial charge in [-0.2, -0.15) is 0 Å². The Morgan fingerprint density at radius 1 is 0.649 bits per heavy atom. The minimum atomic E-state index is -1.60. The fourth-order valence-corrected chi connectivity index (χ4v) is 3.80. The van der Waals surface area contributed by atoms with E-state index in [0.29, 0.717) is 5.56 Å². The highest BCUT2D eigenvalue weighted by Gasteiger charge is 2.50. The summed E-state index contributed by atoms with van der Waals surface area (Å²) in [5.41, 5.74) is 3.77. The number of aliphatic hydroxyl groups is 1. The van der Waals surface area contributed by atoms with Crippen LogP contribution in [0.1, 0.15) is 47.8 Å². The summed E-state index contributed by atoms with van der Waals surface area (Å²) < 4.78 is 22.1. The zero-order valence-electron chi connectivity index (χ0n) is 20.7. The van der Waals surface area contributed by atoms with Gasteiger partial charge in [0.25, 0.3) is 0 Å². The molecule has 1 N–H and O–H groups in total. The van der Waals surface area contributed by atoms with Crippen molar-refractivity contribution in [3.63, 3.8) is 0 Å². The van der Waals surface area contributed by atoms with Crippen molar-refractivity contribution < 1.29 is 38.4 Å². The van der Waals surface area contributed by atoms with Gasteiger partial charge in [-0.3, -0.25) is 0 Å². The minimum Gasteiger partial charge on any atom is -0.459 e. The molecule has 4 atom stereocenters. The smallest absolute Gasteiger partial charge is 0.338 e. The number of carbonyl (C=O) groups is 3. The van der Waals surface area contributed by atoms with Gasteiger partial charge in [-0.05, 0) is 57.2 Å². The van der Waals surface area contributed by atoms with Crippen molar-refractivity contribution in [3.05, 3.63) is 106 Å². The Morgan fingerprint density at radius 2 is 1.03 bits per heavy atom. The maximum atomic E-state index is 12.9. The molecule has 0 unspecified atom stereocenters. The standard InChI is InChI=1S/C29H28O8/c1-17-4-10-20(11-5-17)26(30)34-16-23-24(36-27(31)21-12-6-18(2)7-13-21)25(29(33)35-23)37-28(32)22-14-8-19(3)9-15-22/h4-15,23-25,29,33H,16H2,1-3H3/t23-,24-,25-,29-/m1/s1. The molecule has 0 aliphatic carbocycles. The highest BCUT2D eigenvalue weighted by molar-refractivity contribution is 5.91. The lowest BCUT2D eigenvalue weighted by Gasteiger charge is -2.23. The van der Waals surface area contributed by atoms with Crippen LogP contribution < -0.4 is 0 Å². The van der Waals surface area contributed by atoms with Gasteiger partial charge in [-0.25, -0.2) is 14.4 Å². The number of aryl methyl sites for hydroxylation is 3. The predicted octanol–water partition coefficient (Wildman–Crippen LogP) is 3.94. The van der Waals surface area contributed by atoms with Crippen LogP contribution in [0.2, 0.25) is 0 Å². The number of rotatable bonds is 7. The number of hydrogen-bond acceptors (Lipinski definition) is 8. The molecule has 1 fully saturated rings. The molecule has 0 aromatic heterocycles. The van der Waals surface area contributed by atoms with Gasteiger partial charge in [0.2, 0.25) is 0 Å². The van der Waals surface area contributed by atoms with E-state index in [2.05, 4.69) is 0 Å². The van der Waals surface area contributed by atoms with E-state index in [1.807, 2.05) is 20.8 Å². The molecule has 4 rings (SSSR count). The Bertz CT molecular complexity index is 1250. The molecule has 0 radical (unpaired) electrons. The molecular weight excluding hydrogens is 476 g/mol. The van der Waals surface area contributed by atoms with Crippen LogP contribution in [-0.4, -0.2) is 54.2 Å². The van der Waals surface area contributed by atoms with Crippen molar-refractivity contribution in [2.45, 2.75) is 45.4 Å². The second kappa shape index (κ2) is 11.4. The monoisotopic (exact) mass is 504 g/mol. The maximum Gasteiger partial charge on any atom is 0.338 e. The third-order valence-electron chi connectivity index (χ3n) is 6.01. The highest BCUT2D eigenvalue weighted by atomic mass is 16.7. The predicted molar refractivity (Wildman–Crippen MR) is 133 cm³/mol. The van der Waals surface area contributed by atoms with Crippen LogP contribution in [0.4, 0.5) is 0 Å². The first-order valence-corrected chi connectivity index (χ1v) is 11.8. The van der Waals surface area contributed by atoms with E-state index in [9.17, 15) is 19.5 Å². The fourth-order valence-electron chi connectivity index (χ4n) is 3.80. The van der Waals surface area contributed by atoms with Gasteiger partial charge in [0.15, 0.2) is 18.5 Å². The van der Waals surface area contributed by atoms with Crippen molar-refractivity contribution in [3.8, 4) is 0 Å². The maximum absolute atomic E-state index is 12.9. The zero-order valence-corrected chi connectivity index (χ0v) is 20.7. The molecule has 1 heterocycles. The number of ether oxygens (including phenoxy) is 4. The number of carbonyl (C=O) groups excluding carboxylic acids is 3. The molecule has 0 amide bonds. The van der Waals surface area contributed by atoms with E-state index < -0.39 is 42.5 Å². The summed E-state index contributed by atoms with van der Waals surface area (Å²) in [7, 11) is 0. The van der Waals surface area contributed by atoms with Gasteiger partial charge in [0.05, 0.1) is 16.7 Å². The Morgan fingerprint density at radius 3 is 1.46 bits per heavy atom. The van der Waals surface area contributed by atoms with Gasteiger partial charge >= 0.3 is 17.9 Å². The van der Waals surface area contributed by atoms with Crippen LogP contribution in [-0.2, 0) is 18.9 Å². The SMILES string of the molecule is Cc1ccc(C(=O)OC[C@H]2O[C@@H](O)[C@H](OC(=O)c3ccc(C)cc3)[C@@H]2OC(=O)c2ccc(C)cc2)cc1. The van der Waals surface area contributed by atoms with Gasteiger partial charge in [0.1, 0.15) is 12.7 Å². The van der Waals surface area contributed by atoms with Gasteiger partial charge in [0, 0.05) is 0 Å². The van der Waals surface area contributed by atoms with Gasteiger partial charge in [-0.15, -0.1) is 0 Å². The summed E-state index contributed by atoms with van der Waals surface area (Å²) in [6, 6.07) is 20.2. The average Bonchev–Trinajstić information content (AvgIpc) is 3.17. The third kappa shape index (κ3) is 6.41. The average molecular weight is 505 g/mol. The minimum absolute atomic E-state index is 0.260. The number of esters is 3. The summed E-state index contributed by atoms with van der Waals surface area (Å²) in [6.45, 7) is 5.32. The number of aliphatic hydroxyl groups excluding tert-OH is 1. The largest absolute Gasteiger partial charge is 0.459 e. The van der Waals surface area contributed by atoms with Gasteiger partial charge < -0.3 is 24.1 Å². The third-order valence-corrected chi connectivity index (χ3v) is 6.01. The zero-order chi connectivity index (χ0) is 26.5. The second-order valence-corrected chi connectivity index (χ2v) is 9.00. The van der Waals surface area contributed by atoms with E-state index in [1.165, 1.54) is 0 Å². The molecule has 3 aromatic rings. The van der Waals surface area contributed by atoms with Crippen molar-refractivity contribution in [2.24, 2.45) is 0 Å². The lowest BCUT2D eigenvalue weighted by molar-refractivity contribution is -0.135. The Hall–Kier alpha value is -4.01. The summed E-state index contributed by atoms with van der Waals surface area (Å²) in [4.78, 5) is 38.2. The summed E-state index contributed by atoms with van der Waals surface area (Å²) in [6.07, 6.45) is -5.25. The normalized spacial score (nSPS) is 20.8. The first kappa shape index (κ1) is 26.1. The molecule has 1 saturated heterocycles. The first-order valence-electron chi connectivity index (χ1n) is 11.8. The van der Waals surface area contributed by atoms with E-state index in [4.69, 9.17) is 18.9 Å². The topological polar surface area (TPSA) is 108 Å². The van der Waals surface area contributed by atoms with Crippen LogP contribution in [0, 0.1) is 20.8 Å². The lowest BCUT2D eigenvalue weighted by Crippen LogP contribution is -2.42. The highest BCUT2D eigenvalue weighted by Crippen LogP contribution is 2.28. The lowest BCUT2D eigenvalue weighted by atomic mass is 10.1. The number of benzene rings is 3. The van der Waals surface area contributed by atoms with E-state index in [-0.39, 0.29) is 17.7 Å². The van der Waals surface area contributed by atoms with E-state index in [0.717, 1.165) is 16.7 Å². The second-order valence-electron chi connectivity index (χ2n) is 9.00. The fraction of sp³-hybridized carbons (Fsp3) is 0.276. The van der Waals surface area contributed by atoms with E-state index >= 15 is 0 Å². The van der Waals surface area contributed by atoms with Crippen LogP contribution >= 0.6 is 0 Å². The molecule has 3 aromatic carbocycles. The van der Waals surface area contributed by atoms with Crippen LogP contribution in [0.3, 0.4) is 0 Å². The molecule has 8 heteroatoms.